The van der Waals surface area contributed by atoms with Crippen molar-refractivity contribution in [2.24, 2.45) is 10.9 Å². The van der Waals surface area contributed by atoms with Gasteiger partial charge in [0.2, 0.25) is 5.90 Å². The summed E-state index contributed by atoms with van der Waals surface area (Å²) in [5, 5.41) is 2.04. The maximum absolute atomic E-state index is 13.9. The molecule has 1 aromatic heterocycles. The summed E-state index contributed by atoms with van der Waals surface area (Å²) in [5.74, 6) is -1.10. The van der Waals surface area contributed by atoms with Gasteiger partial charge in [0, 0.05) is 10.8 Å². The minimum Gasteiger partial charge on any atom is -0.475 e. The molecule has 0 amide bonds. The summed E-state index contributed by atoms with van der Waals surface area (Å²) in [4.78, 5) is 5.64. The molecule has 2 aromatic rings. The van der Waals surface area contributed by atoms with Crippen molar-refractivity contribution in [3.05, 3.63) is 81.6 Å². The number of halogens is 2. The summed E-state index contributed by atoms with van der Waals surface area (Å²) in [7, 11) is 0. The highest BCUT2D eigenvalue weighted by atomic mass is 32.1. The predicted octanol–water partition coefficient (Wildman–Crippen LogP) is 4.89. The van der Waals surface area contributed by atoms with Crippen LogP contribution in [-0.2, 0) is 16.1 Å². The molecule has 1 aliphatic carbocycles. The third kappa shape index (κ3) is 4.17. The van der Waals surface area contributed by atoms with E-state index in [1.165, 1.54) is 23.1 Å². The van der Waals surface area contributed by atoms with Crippen LogP contribution in [-0.4, -0.2) is 25.2 Å². The molecule has 27 heavy (non-hydrogen) atoms. The van der Waals surface area contributed by atoms with Crippen molar-refractivity contribution < 1.29 is 18.3 Å². The molecule has 6 heteroatoms. The van der Waals surface area contributed by atoms with Gasteiger partial charge in [-0.1, -0.05) is 30.4 Å². The molecule has 2 heterocycles. The molecule has 0 bridgehead atoms. The fourth-order valence-electron chi connectivity index (χ4n) is 3.19. The number of hydrogen-bond donors (Lipinski definition) is 0. The molecule has 1 aliphatic heterocycles. The number of rotatable bonds is 6. The Morgan fingerprint density at radius 3 is 2.70 bits per heavy atom. The number of nitrogens with zero attached hydrogens (tertiary/aromatic N) is 1. The second-order valence-corrected chi connectivity index (χ2v) is 7.55. The van der Waals surface area contributed by atoms with Gasteiger partial charge in [-0.3, -0.25) is 0 Å². The first-order valence-electron chi connectivity index (χ1n) is 8.83. The van der Waals surface area contributed by atoms with E-state index < -0.39 is 11.6 Å². The second kappa shape index (κ2) is 8.15. The van der Waals surface area contributed by atoms with Crippen LogP contribution in [0.3, 0.4) is 0 Å². The van der Waals surface area contributed by atoms with Crippen LogP contribution in [0.5, 0.6) is 0 Å². The van der Waals surface area contributed by atoms with E-state index in [1.807, 2.05) is 17.5 Å². The lowest BCUT2D eigenvalue weighted by Crippen LogP contribution is -2.19. The van der Waals surface area contributed by atoms with E-state index >= 15 is 0 Å². The van der Waals surface area contributed by atoms with Gasteiger partial charge >= 0.3 is 0 Å². The van der Waals surface area contributed by atoms with Gasteiger partial charge < -0.3 is 9.47 Å². The zero-order valence-electron chi connectivity index (χ0n) is 14.6. The highest BCUT2D eigenvalue weighted by molar-refractivity contribution is 7.09. The Bertz CT molecular complexity index is 869. The Morgan fingerprint density at radius 2 is 2.00 bits per heavy atom. The average Bonchev–Trinajstić information content (AvgIpc) is 3.35. The van der Waals surface area contributed by atoms with Gasteiger partial charge in [0.1, 0.15) is 23.8 Å². The van der Waals surface area contributed by atoms with Crippen LogP contribution in [0.4, 0.5) is 8.78 Å². The summed E-state index contributed by atoms with van der Waals surface area (Å²) in [6.07, 6.45) is 7.07. The quantitative estimate of drug-likeness (QED) is 0.707. The lowest BCUT2D eigenvalue weighted by atomic mass is 9.91. The average molecular weight is 387 g/mol. The first kappa shape index (κ1) is 18.1. The van der Waals surface area contributed by atoms with Crippen molar-refractivity contribution in [2.75, 3.05) is 13.2 Å². The van der Waals surface area contributed by atoms with E-state index in [4.69, 9.17) is 9.47 Å². The number of ether oxygens (including phenoxy) is 2. The molecular formula is C21H19F2NO2S. The summed E-state index contributed by atoms with van der Waals surface area (Å²) >= 11 is 1.68. The van der Waals surface area contributed by atoms with Crippen LogP contribution in [0.15, 0.2) is 64.5 Å². The zero-order valence-corrected chi connectivity index (χ0v) is 15.4. The van der Waals surface area contributed by atoms with Gasteiger partial charge in [-0.05, 0) is 35.6 Å². The van der Waals surface area contributed by atoms with E-state index in [0.29, 0.717) is 19.8 Å². The minimum absolute atomic E-state index is 0.0538. The van der Waals surface area contributed by atoms with Crippen LogP contribution >= 0.6 is 11.3 Å². The summed E-state index contributed by atoms with van der Waals surface area (Å²) in [6.45, 7) is 1.51. The van der Waals surface area contributed by atoms with E-state index in [2.05, 4.69) is 23.2 Å². The van der Waals surface area contributed by atoms with Gasteiger partial charge in [0.05, 0.1) is 19.3 Å². The topological polar surface area (TPSA) is 30.8 Å². The molecule has 140 valence electrons. The minimum atomic E-state index is -0.654. The first-order chi connectivity index (χ1) is 13.2. The normalized spacial score (nSPS) is 21.7. The van der Waals surface area contributed by atoms with Crippen molar-refractivity contribution in [3.63, 3.8) is 0 Å². The standard InChI is InChI=1S/C21H19F2NO2S/c22-17-4-1-5-18(23)20(17)21-24-19(13-26-21)15-8-6-14(7-9-15)11-25-12-16-3-2-10-27-16/h1-8,10,15,19H,9,11-13H2. The van der Waals surface area contributed by atoms with Crippen LogP contribution in [0.1, 0.15) is 16.9 Å². The Morgan fingerprint density at radius 1 is 1.15 bits per heavy atom. The van der Waals surface area contributed by atoms with Gasteiger partial charge in [0.15, 0.2) is 0 Å². The highest BCUT2D eigenvalue weighted by Gasteiger charge is 2.29. The van der Waals surface area contributed by atoms with E-state index in [-0.39, 0.29) is 23.4 Å². The van der Waals surface area contributed by atoms with Crippen molar-refractivity contribution in [1.29, 1.82) is 0 Å². The fraction of sp³-hybridized carbons (Fsp3) is 0.286. The maximum Gasteiger partial charge on any atom is 0.222 e. The molecule has 0 radical (unpaired) electrons. The molecule has 2 unspecified atom stereocenters. The summed E-state index contributed by atoms with van der Waals surface area (Å²) in [6, 6.07) is 7.68. The van der Waals surface area contributed by atoms with E-state index in [9.17, 15) is 8.78 Å². The summed E-state index contributed by atoms with van der Waals surface area (Å²) in [5.41, 5.74) is 0.948. The number of thiophene rings is 1. The molecule has 2 atom stereocenters. The third-order valence-corrected chi connectivity index (χ3v) is 5.50. The van der Waals surface area contributed by atoms with Crippen molar-refractivity contribution in [3.8, 4) is 0 Å². The molecule has 1 aromatic carbocycles. The number of allylic oxidation sites excluding steroid dienone is 1. The van der Waals surface area contributed by atoms with Crippen LogP contribution in [0.25, 0.3) is 0 Å². The lowest BCUT2D eigenvalue weighted by molar-refractivity contribution is 0.146. The number of aliphatic imine (C=N–C) groups is 1. The Kier molecular flexibility index (Phi) is 5.45. The molecule has 0 saturated heterocycles. The summed E-state index contributed by atoms with van der Waals surface area (Å²) < 4.78 is 39.0. The highest BCUT2D eigenvalue weighted by Crippen LogP contribution is 2.27. The van der Waals surface area contributed by atoms with Gasteiger partial charge in [-0.2, -0.15) is 0 Å². The molecule has 0 N–H and O–H groups in total. The van der Waals surface area contributed by atoms with Crippen molar-refractivity contribution in [2.45, 2.75) is 19.1 Å². The molecule has 0 spiro atoms. The van der Waals surface area contributed by atoms with Crippen LogP contribution in [0, 0.1) is 17.6 Å². The molecule has 4 rings (SSSR count). The lowest BCUT2D eigenvalue weighted by Gasteiger charge is -2.19. The fourth-order valence-corrected chi connectivity index (χ4v) is 3.83. The van der Waals surface area contributed by atoms with Gasteiger partial charge in [-0.25, -0.2) is 13.8 Å². The van der Waals surface area contributed by atoms with E-state index in [1.54, 1.807) is 11.3 Å². The Balaban J connectivity index is 1.34. The van der Waals surface area contributed by atoms with Crippen molar-refractivity contribution in [1.82, 2.24) is 0 Å². The third-order valence-electron chi connectivity index (χ3n) is 4.65. The maximum atomic E-state index is 13.9. The molecule has 3 nitrogen and oxygen atoms in total. The van der Waals surface area contributed by atoms with Gasteiger partial charge in [0.25, 0.3) is 0 Å². The van der Waals surface area contributed by atoms with Crippen LogP contribution in [0.2, 0.25) is 0 Å². The van der Waals surface area contributed by atoms with Gasteiger partial charge in [-0.15, -0.1) is 11.3 Å². The predicted molar refractivity (Wildman–Crippen MR) is 102 cm³/mol. The molecule has 0 fully saturated rings. The first-order valence-corrected chi connectivity index (χ1v) is 9.71. The van der Waals surface area contributed by atoms with Crippen molar-refractivity contribution >= 4 is 17.2 Å². The molecular weight excluding hydrogens is 368 g/mol. The smallest absolute Gasteiger partial charge is 0.222 e. The van der Waals surface area contributed by atoms with E-state index in [0.717, 1.165) is 12.0 Å². The number of benzene rings is 1. The Hall–Kier alpha value is -2.31. The largest absolute Gasteiger partial charge is 0.475 e. The molecule has 0 saturated carbocycles. The molecule has 2 aliphatic rings. The monoisotopic (exact) mass is 387 g/mol. The Labute approximate surface area is 160 Å². The second-order valence-electron chi connectivity index (χ2n) is 6.52. The zero-order chi connectivity index (χ0) is 18.6. The number of hydrogen-bond acceptors (Lipinski definition) is 4. The SMILES string of the molecule is Fc1cccc(F)c1C1=NC(C2C=CC(COCc3cccs3)=CC2)CO1. The van der Waals surface area contributed by atoms with Crippen LogP contribution < -0.4 is 0 Å².